The SMILES string of the molecule is C=C(NCCO)c1ccc(P(c2ccc(C(=O)NCCO)cc2)c2ccc(C(=O)NCCO)cc2)cc1.C=O.O=C(O)CCC(O)NC(=O)c1ccc(P(c2ccc(C(=O)NC(CCC(=O)O)COO)cc2)c2ccc(C(=O)NC(CCCOO)C(=O)O)cc2)cc1. The lowest BCUT2D eigenvalue weighted by atomic mass is 10.1. The number of aliphatic hydroxyl groups excluding tert-OH is 4. The van der Waals surface area contributed by atoms with E-state index in [-0.39, 0.29) is 113 Å². The van der Waals surface area contributed by atoms with E-state index < -0.39 is 69.8 Å². The second-order valence-electron chi connectivity index (χ2n) is 19.7. The zero-order valence-electron chi connectivity index (χ0n) is 49.8. The van der Waals surface area contributed by atoms with Crippen molar-refractivity contribution in [3.63, 3.8) is 0 Å². The molecule has 0 aromatic heterocycles. The highest BCUT2D eigenvalue weighted by Gasteiger charge is 2.25. The van der Waals surface area contributed by atoms with Gasteiger partial charge < -0.3 is 72.4 Å². The molecule has 0 spiro atoms. The lowest BCUT2D eigenvalue weighted by Gasteiger charge is -2.21. The fourth-order valence-corrected chi connectivity index (χ4v) is 13.1. The van der Waals surface area contributed by atoms with Crippen LogP contribution in [0.15, 0.2) is 152 Å². The minimum Gasteiger partial charge on any atom is -0.481 e. The summed E-state index contributed by atoms with van der Waals surface area (Å²) in [6.07, 6.45) is -1.92. The van der Waals surface area contributed by atoms with Crippen LogP contribution in [0.2, 0.25) is 0 Å². The van der Waals surface area contributed by atoms with Crippen molar-refractivity contribution in [1.82, 2.24) is 31.9 Å². The van der Waals surface area contributed by atoms with E-state index in [9.17, 15) is 48.6 Å². The first kappa shape index (κ1) is 75.3. The van der Waals surface area contributed by atoms with Gasteiger partial charge in [-0.25, -0.2) is 14.6 Å². The summed E-state index contributed by atoms with van der Waals surface area (Å²) in [5, 5.41) is 103. The largest absolute Gasteiger partial charge is 0.481 e. The second kappa shape index (κ2) is 40.5. The number of nitrogens with one attached hydrogen (secondary N) is 6. The number of carbonyl (C=O) groups is 9. The van der Waals surface area contributed by atoms with E-state index in [2.05, 4.69) is 48.3 Å². The predicted octanol–water partition coefficient (Wildman–Crippen LogP) is 1.52. The highest BCUT2D eigenvalue weighted by molar-refractivity contribution is 7.80. The smallest absolute Gasteiger partial charge is 0.326 e. The standard InChI is InChI=1S/C35H40N3O14P.C28H32N3O5P.CH2O/c39-29(16-18-31(42)43)38-34(46)23-7-14-27(15-8-23)53(25-10-3-21(4-11-25)32(44)36-24(20-52-50)9-17-30(40)41)26-12-5-22(6-13-26)33(45)37-28(35(47)48)2-1-19-51-49;1-20(29-14-17-32)21-2-8-24(9-3-21)37(25-10-4-22(5-11-25)27(35)30-15-18-33)26-12-6-23(7-13-26)28(36)31-16-19-34;1-2/h3-8,10-15,24,28-29,39,49-50H,1-2,9,16-20H2,(H,36,44)(H,37,45)(H,38,46)(H,40,41)(H,42,43)(H,47,48);2-13,29,32-34H,1,14-19H2,(H,30,35)(H,31,36);1H2. The molecule has 0 fully saturated rings. The molecule has 0 radical (unpaired) electrons. The van der Waals surface area contributed by atoms with Crippen molar-refractivity contribution in [1.29, 1.82) is 0 Å². The Bertz CT molecular complexity index is 3190. The van der Waals surface area contributed by atoms with Crippen molar-refractivity contribution < 1.29 is 99.2 Å². The lowest BCUT2D eigenvalue weighted by molar-refractivity contribution is -0.246. The first-order chi connectivity index (χ1) is 44.3. The van der Waals surface area contributed by atoms with Gasteiger partial charge in [0, 0.05) is 72.4 Å². The molecule has 0 heterocycles. The van der Waals surface area contributed by atoms with E-state index in [4.69, 9.17) is 40.8 Å². The third kappa shape index (κ3) is 24.6. The average molecular weight is 1310 g/mol. The van der Waals surface area contributed by atoms with E-state index in [1.54, 1.807) is 72.8 Å². The summed E-state index contributed by atoms with van der Waals surface area (Å²) in [6, 6.07) is 40.2. The Morgan fingerprint density at radius 3 is 1.09 bits per heavy atom. The maximum atomic E-state index is 13.0. The van der Waals surface area contributed by atoms with Crippen LogP contribution < -0.4 is 63.7 Å². The van der Waals surface area contributed by atoms with Crippen LogP contribution in [0.4, 0.5) is 0 Å². The number of carbonyl (C=O) groups excluding carboxylic acids is 6. The molecule has 4 atom stereocenters. The van der Waals surface area contributed by atoms with Crippen LogP contribution in [0.5, 0.6) is 0 Å². The number of aliphatic carboxylic acids is 3. The summed E-state index contributed by atoms with van der Waals surface area (Å²) in [6.45, 7) is 6.18. The molecule has 6 aromatic rings. The maximum absolute atomic E-state index is 13.0. The zero-order valence-corrected chi connectivity index (χ0v) is 51.6. The molecular formula is C64H74N6O20P2. The minimum absolute atomic E-state index is 0.0178. The molecule has 15 N–H and O–H groups in total. The normalized spacial score (nSPS) is 11.9. The Hall–Kier alpha value is -9.17. The molecule has 0 aliphatic rings. The van der Waals surface area contributed by atoms with E-state index in [1.165, 1.54) is 24.3 Å². The fourth-order valence-electron chi connectivity index (χ4n) is 8.64. The molecule has 92 heavy (non-hydrogen) atoms. The minimum atomic E-state index is -1.40. The maximum Gasteiger partial charge on any atom is 0.326 e. The first-order valence-electron chi connectivity index (χ1n) is 28.4. The summed E-state index contributed by atoms with van der Waals surface area (Å²) in [4.78, 5) is 113. The zero-order chi connectivity index (χ0) is 67.5. The number of carboxylic acids is 3. The molecule has 26 nitrogen and oxygen atoms in total. The second-order valence-corrected chi connectivity index (χ2v) is 24.1. The lowest BCUT2D eigenvalue weighted by Crippen LogP contribution is -2.41. The molecule has 0 bridgehead atoms. The Labute approximate surface area is 531 Å². The Balaban J connectivity index is 0.000000405. The summed E-state index contributed by atoms with van der Waals surface area (Å²) >= 11 is 0. The molecule has 6 aromatic carbocycles. The van der Waals surface area contributed by atoms with Gasteiger partial charge in [0.1, 0.15) is 25.7 Å². The number of carboxylic acid groups (broad SMARTS) is 3. The van der Waals surface area contributed by atoms with E-state index in [1.807, 2.05) is 55.3 Å². The third-order valence-corrected chi connectivity index (χ3v) is 18.1. The first-order valence-corrected chi connectivity index (χ1v) is 31.1. The fraction of sp³-hybridized carbons (Fsp3) is 0.266. The van der Waals surface area contributed by atoms with Crippen LogP contribution in [0, 0.1) is 0 Å². The van der Waals surface area contributed by atoms with Crippen molar-refractivity contribution in [2.45, 2.75) is 56.8 Å². The molecule has 0 saturated heterocycles. The molecule has 0 saturated carbocycles. The van der Waals surface area contributed by atoms with Gasteiger partial charge in [0.2, 0.25) is 0 Å². The highest BCUT2D eigenvalue weighted by Crippen LogP contribution is 2.35. The number of hydrogen-bond acceptors (Lipinski definition) is 18. The van der Waals surface area contributed by atoms with Gasteiger partial charge in [-0.2, -0.15) is 0 Å². The van der Waals surface area contributed by atoms with Gasteiger partial charge in [0.25, 0.3) is 29.5 Å². The molecule has 5 amide bonds. The molecular weight excluding hydrogens is 1230 g/mol. The Kier molecular flexibility index (Phi) is 33.2. The summed E-state index contributed by atoms with van der Waals surface area (Å²) in [7, 11) is -2.41. The molecule has 28 heteroatoms. The van der Waals surface area contributed by atoms with Crippen LogP contribution in [-0.2, 0) is 29.0 Å². The Morgan fingerprint density at radius 2 is 0.750 bits per heavy atom. The molecule has 0 aliphatic carbocycles. The summed E-state index contributed by atoms with van der Waals surface area (Å²) in [5.41, 5.74) is 3.26. The van der Waals surface area contributed by atoms with Crippen LogP contribution >= 0.6 is 15.8 Å². The van der Waals surface area contributed by atoms with Crippen molar-refractivity contribution in [2.24, 2.45) is 0 Å². The molecule has 4 unspecified atom stereocenters. The van der Waals surface area contributed by atoms with Gasteiger partial charge in [0.15, 0.2) is 0 Å². The monoisotopic (exact) mass is 1310 g/mol. The van der Waals surface area contributed by atoms with Crippen LogP contribution in [-0.4, -0.2) is 171 Å². The van der Waals surface area contributed by atoms with Gasteiger partial charge in [0.05, 0.1) is 32.5 Å². The highest BCUT2D eigenvalue weighted by atomic mass is 31.1. The van der Waals surface area contributed by atoms with Crippen molar-refractivity contribution in [2.75, 3.05) is 52.7 Å². The molecule has 490 valence electrons. The van der Waals surface area contributed by atoms with Gasteiger partial charge in [-0.3, -0.25) is 44.1 Å². The van der Waals surface area contributed by atoms with Crippen molar-refractivity contribution in [3.8, 4) is 0 Å². The summed E-state index contributed by atoms with van der Waals surface area (Å²) < 4.78 is 0. The van der Waals surface area contributed by atoms with Gasteiger partial charge in [-0.15, -0.1) is 0 Å². The topological polar surface area (TPSA) is 426 Å². The van der Waals surface area contributed by atoms with E-state index >= 15 is 0 Å². The molecule has 6 rings (SSSR count). The van der Waals surface area contributed by atoms with Crippen LogP contribution in [0.25, 0.3) is 5.70 Å². The van der Waals surface area contributed by atoms with Crippen molar-refractivity contribution >= 4 is 108 Å². The van der Waals surface area contributed by atoms with Crippen LogP contribution in [0.3, 0.4) is 0 Å². The summed E-state index contributed by atoms with van der Waals surface area (Å²) in [5.74, 6) is -5.74. The van der Waals surface area contributed by atoms with Crippen molar-refractivity contribution in [3.05, 3.63) is 186 Å². The van der Waals surface area contributed by atoms with Crippen LogP contribution in [0.1, 0.15) is 95.9 Å². The van der Waals surface area contributed by atoms with E-state index in [0.29, 0.717) is 17.7 Å². The van der Waals surface area contributed by atoms with Gasteiger partial charge >= 0.3 is 17.9 Å². The molecule has 0 aliphatic heterocycles. The number of aliphatic hydroxyl groups is 4. The Morgan fingerprint density at radius 1 is 0.424 bits per heavy atom. The predicted molar refractivity (Wildman–Crippen MR) is 344 cm³/mol. The quantitative estimate of drug-likeness (QED) is 0.00882. The van der Waals surface area contributed by atoms with E-state index in [0.717, 1.165) is 43.1 Å². The van der Waals surface area contributed by atoms with Gasteiger partial charge in [-0.1, -0.05) is 91.5 Å². The number of hydrogen-bond donors (Lipinski definition) is 15. The number of benzene rings is 6. The van der Waals surface area contributed by atoms with Gasteiger partial charge in [-0.05, 0) is 133 Å². The third-order valence-electron chi connectivity index (χ3n) is 13.2. The average Bonchev–Trinajstić information content (AvgIpc) is 0.946. The number of amides is 5. The number of rotatable bonds is 35.